The van der Waals surface area contributed by atoms with Crippen LogP contribution >= 0.6 is 0 Å². The van der Waals surface area contributed by atoms with Crippen molar-refractivity contribution in [2.45, 2.75) is 13.3 Å². The van der Waals surface area contributed by atoms with Gasteiger partial charge >= 0.3 is 0 Å². The molecule has 0 atom stereocenters. The number of rotatable bonds is 6. The molecule has 4 nitrogen and oxygen atoms in total. The van der Waals surface area contributed by atoms with Gasteiger partial charge in [0, 0.05) is 13.0 Å². The standard InChI is InChI=1S/C15H17NO3/c1-12-4-6-14(7-5-12)19-11-15(17)16-9-8-13-3-2-10-18-13/h2-7,10H,8-9,11H2,1H3,(H,16,17). The van der Waals surface area contributed by atoms with Crippen LogP contribution in [0.25, 0.3) is 0 Å². The minimum Gasteiger partial charge on any atom is -0.484 e. The molecule has 0 unspecified atom stereocenters. The van der Waals surface area contributed by atoms with Crippen LogP contribution in [0.5, 0.6) is 5.75 Å². The fraction of sp³-hybridized carbons (Fsp3) is 0.267. The van der Waals surface area contributed by atoms with Gasteiger partial charge in [-0.3, -0.25) is 4.79 Å². The fourth-order valence-corrected chi connectivity index (χ4v) is 1.61. The summed E-state index contributed by atoms with van der Waals surface area (Å²) < 4.78 is 10.5. The molecule has 1 aromatic heterocycles. The molecule has 0 saturated heterocycles. The Kier molecular flexibility index (Phi) is 4.61. The fourth-order valence-electron chi connectivity index (χ4n) is 1.61. The van der Waals surface area contributed by atoms with E-state index in [1.165, 1.54) is 0 Å². The molecule has 1 heterocycles. The van der Waals surface area contributed by atoms with Gasteiger partial charge in [-0.2, -0.15) is 0 Å². The Morgan fingerprint density at radius 2 is 2.05 bits per heavy atom. The lowest BCUT2D eigenvalue weighted by atomic mass is 10.2. The third kappa shape index (κ3) is 4.50. The van der Waals surface area contributed by atoms with Crippen LogP contribution in [-0.4, -0.2) is 19.1 Å². The summed E-state index contributed by atoms with van der Waals surface area (Å²) in [6.07, 6.45) is 2.31. The predicted molar refractivity (Wildman–Crippen MR) is 72.1 cm³/mol. The second-order valence-electron chi connectivity index (χ2n) is 4.28. The van der Waals surface area contributed by atoms with Gasteiger partial charge in [-0.25, -0.2) is 0 Å². The van der Waals surface area contributed by atoms with E-state index >= 15 is 0 Å². The highest BCUT2D eigenvalue weighted by Crippen LogP contribution is 2.10. The molecular formula is C15H17NO3. The molecule has 2 aromatic rings. The second-order valence-corrected chi connectivity index (χ2v) is 4.28. The summed E-state index contributed by atoms with van der Waals surface area (Å²) in [6.45, 7) is 2.58. The highest BCUT2D eigenvalue weighted by atomic mass is 16.5. The third-order valence-corrected chi connectivity index (χ3v) is 2.66. The number of hydrogen-bond acceptors (Lipinski definition) is 3. The minimum atomic E-state index is -0.132. The molecular weight excluding hydrogens is 242 g/mol. The number of carbonyl (C=O) groups excluding carboxylic acids is 1. The Bertz CT molecular complexity index is 503. The third-order valence-electron chi connectivity index (χ3n) is 2.66. The molecule has 0 radical (unpaired) electrons. The lowest BCUT2D eigenvalue weighted by Gasteiger charge is -2.07. The summed E-state index contributed by atoms with van der Waals surface area (Å²) in [5.74, 6) is 1.43. The van der Waals surface area contributed by atoms with E-state index in [0.29, 0.717) is 18.7 Å². The Labute approximate surface area is 112 Å². The molecule has 0 spiro atoms. The molecule has 0 saturated carbocycles. The van der Waals surface area contributed by atoms with Gasteiger partial charge in [0.05, 0.1) is 6.26 Å². The second kappa shape index (κ2) is 6.64. The van der Waals surface area contributed by atoms with E-state index in [2.05, 4.69) is 5.32 Å². The van der Waals surface area contributed by atoms with Crippen LogP contribution in [0.4, 0.5) is 0 Å². The van der Waals surface area contributed by atoms with E-state index in [1.54, 1.807) is 6.26 Å². The van der Waals surface area contributed by atoms with Crippen LogP contribution in [0.2, 0.25) is 0 Å². The minimum absolute atomic E-state index is 0.0290. The van der Waals surface area contributed by atoms with Crippen LogP contribution in [0.15, 0.2) is 47.1 Å². The van der Waals surface area contributed by atoms with Gasteiger partial charge in [0.1, 0.15) is 11.5 Å². The van der Waals surface area contributed by atoms with Crippen LogP contribution in [0.3, 0.4) is 0 Å². The van der Waals surface area contributed by atoms with Gasteiger partial charge in [0.25, 0.3) is 5.91 Å². The zero-order valence-electron chi connectivity index (χ0n) is 10.9. The van der Waals surface area contributed by atoms with E-state index in [9.17, 15) is 4.79 Å². The number of carbonyl (C=O) groups is 1. The Hall–Kier alpha value is -2.23. The number of hydrogen-bond donors (Lipinski definition) is 1. The number of nitrogens with one attached hydrogen (secondary N) is 1. The Balaban J connectivity index is 1.65. The van der Waals surface area contributed by atoms with Crippen molar-refractivity contribution < 1.29 is 13.9 Å². The predicted octanol–water partition coefficient (Wildman–Crippen LogP) is 2.33. The van der Waals surface area contributed by atoms with E-state index in [4.69, 9.17) is 9.15 Å². The molecule has 1 aromatic carbocycles. The highest BCUT2D eigenvalue weighted by molar-refractivity contribution is 5.77. The van der Waals surface area contributed by atoms with E-state index < -0.39 is 0 Å². The van der Waals surface area contributed by atoms with Gasteiger partial charge in [-0.15, -0.1) is 0 Å². The zero-order valence-corrected chi connectivity index (χ0v) is 10.9. The molecule has 0 bridgehead atoms. The first-order valence-electron chi connectivity index (χ1n) is 6.22. The summed E-state index contributed by atoms with van der Waals surface area (Å²) >= 11 is 0. The molecule has 1 amide bonds. The van der Waals surface area contributed by atoms with Crippen LogP contribution in [0, 0.1) is 6.92 Å². The van der Waals surface area contributed by atoms with Crippen LogP contribution in [0.1, 0.15) is 11.3 Å². The monoisotopic (exact) mass is 259 g/mol. The topological polar surface area (TPSA) is 51.5 Å². The van der Waals surface area contributed by atoms with Crippen LogP contribution in [-0.2, 0) is 11.2 Å². The molecule has 2 rings (SSSR count). The van der Waals surface area contributed by atoms with E-state index in [0.717, 1.165) is 11.3 Å². The van der Waals surface area contributed by atoms with E-state index in [-0.39, 0.29) is 12.5 Å². The van der Waals surface area contributed by atoms with Gasteiger partial charge in [-0.05, 0) is 31.2 Å². The number of furan rings is 1. The Morgan fingerprint density at radius 1 is 1.26 bits per heavy atom. The largest absolute Gasteiger partial charge is 0.484 e. The number of amides is 1. The molecule has 0 aliphatic rings. The van der Waals surface area contributed by atoms with Crippen LogP contribution < -0.4 is 10.1 Å². The van der Waals surface area contributed by atoms with Crippen molar-refractivity contribution in [3.63, 3.8) is 0 Å². The molecule has 4 heteroatoms. The lowest BCUT2D eigenvalue weighted by Crippen LogP contribution is -2.30. The summed E-state index contributed by atoms with van der Waals surface area (Å²) in [4.78, 5) is 11.5. The summed E-state index contributed by atoms with van der Waals surface area (Å²) in [5.41, 5.74) is 1.16. The SMILES string of the molecule is Cc1ccc(OCC(=O)NCCc2ccco2)cc1. The molecule has 0 fully saturated rings. The quantitative estimate of drug-likeness (QED) is 0.866. The van der Waals surface area contributed by atoms with Crippen molar-refractivity contribution in [1.82, 2.24) is 5.32 Å². The summed E-state index contributed by atoms with van der Waals surface area (Å²) in [6, 6.07) is 11.3. The average Bonchev–Trinajstić information content (AvgIpc) is 2.91. The summed E-state index contributed by atoms with van der Waals surface area (Å²) in [5, 5.41) is 2.78. The number of ether oxygens (including phenoxy) is 1. The van der Waals surface area contributed by atoms with Crippen molar-refractivity contribution in [3.05, 3.63) is 54.0 Å². The van der Waals surface area contributed by atoms with Crippen molar-refractivity contribution >= 4 is 5.91 Å². The van der Waals surface area contributed by atoms with Gasteiger partial charge in [0.2, 0.25) is 0 Å². The lowest BCUT2D eigenvalue weighted by molar-refractivity contribution is -0.123. The van der Waals surface area contributed by atoms with Gasteiger partial charge < -0.3 is 14.5 Å². The van der Waals surface area contributed by atoms with E-state index in [1.807, 2.05) is 43.3 Å². The maximum Gasteiger partial charge on any atom is 0.257 e. The highest BCUT2D eigenvalue weighted by Gasteiger charge is 2.03. The number of aryl methyl sites for hydroxylation is 1. The summed E-state index contributed by atoms with van der Waals surface area (Å²) in [7, 11) is 0. The van der Waals surface area contributed by atoms with Crippen molar-refractivity contribution in [3.8, 4) is 5.75 Å². The number of benzene rings is 1. The van der Waals surface area contributed by atoms with Crippen molar-refractivity contribution in [2.24, 2.45) is 0 Å². The average molecular weight is 259 g/mol. The smallest absolute Gasteiger partial charge is 0.257 e. The first-order chi connectivity index (χ1) is 9.24. The maximum atomic E-state index is 11.5. The van der Waals surface area contributed by atoms with Crippen molar-refractivity contribution in [2.75, 3.05) is 13.2 Å². The zero-order chi connectivity index (χ0) is 13.5. The van der Waals surface area contributed by atoms with Crippen molar-refractivity contribution in [1.29, 1.82) is 0 Å². The maximum absolute atomic E-state index is 11.5. The molecule has 1 N–H and O–H groups in total. The first-order valence-corrected chi connectivity index (χ1v) is 6.22. The molecule has 0 aliphatic heterocycles. The molecule has 19 heavy (non-hydrogen) atoms. The first kappa shape index (κ1) is 13.2. The normalized spacial score (nSPS) is 10.2. The molecule has 100 valence electrons. The van der Waals surface area contributed by atoms with Gasteiger partial charge in [-0.1, -0.05) is 17.7 Å². The Morgan fingerprint density at radius 3 is 2.74 bits per heavy atom. The van der Waals surface area contributed by atoms with Gasteiger partial charge in [0.15, 0.2) is 6.61 Å². The molecule has 0 aliphatic carbocycles.